The number of likely N-dealkylation sites (tertiary alicyclic amines) is 2. The van der Waals surface area contributed by atoms with Crippen molar-refractivity contribution in [3.8, 4) is 23.7 Å². The number of hydrogen-bond acceptors (Lipinski definition) is 8. The molecule has 6 atom stereocenters. The molecule has 14 heteroatoms. The summed E-state index contributed by atoms with van der Waals surface area (Å²) in [5.41, 5.74) is 7.75. The van der Waals surface area contributed by atoms with Crippen LogP contribution in [0.4, 0.5) is 9.59 Å². The van der Waals surface area contributed by atoms with Crippen LogP contribution in [0.5, 0.6) is 0 Å². The number of aromatic amines is 1. The van der Waals surface area contributed by atoms with Crippen LogP contribution in [0.3, 0.4) is 0 Å². The van der Waals surface area contributed by atoms with Gasteiger partial charge < -0.3 is 40.6 Å². The molecular formula is C39H50N8O6. The maximum Gasteiger partial charge on any atom is 0.407 e. The Labute approximate surface area is 311 Å². The topological polar surface area (TPSA) is 184 Å². The summed E-state index contributed by atoms with van der Waals surface area (Å²) in [4.78, 5) is 67.2. The highest BCUT2D eigenvalue weighted by atomic mass is 16.5. The lowest BCUT2D eigenvalue weighted by Gasteiger charge is -2.29. The monoisotopic (exact) mass is 726 g/mol. The van der Waals surface area contributed by atoms with Gasteiger partial charge in [0.15, 0.2) is 0 Å². The number of H-pyrrole nitrogens is 1. The molecule has 1 aromatic carbocycles. The molecule has 5 N–H and O–H groups in total. The Bertz CT molecular complexity index is 1780. The summed E-state index contributed by atoms with van der Waals surface area (Å²) >= 11 is 0. The number of amides is 4. The van der Waals surface area contributed by atoms with Crippen molar-refractivity contribution in [1.29, 1.82) is 0 Å². The maximum atomic E-state index is 13.8. The number of allylic oxidation sites excluding steroid dienone is 1. The lowest BCUT2D eigenvalue weighted by Crippen LogP contribution is -2.51. The average Bonchev–Trinajstić information content (AvgIpc) is 3.95. The molecular weight excluding hydrogens is 676 g/mol. The lowest BCUT2D eigenvalue weighted by molar-refractivity contribution is -0.135. The first-order chi connectivity index (χ1) is 25.5. The number of methoxy groups -OCH3 is 2. The molecule has 2 saturated heterocycles. The van der Waals surface area contributed by atoms with E-state index in [1.54, 1.807) is 40.3 Å². The zero-order valence-electron chi connectivity index (χ0n) is 31.2. The molecule has 282 valence electrons. The summed E-state index contributed by atoms with van der Waals surface area (Å²) in [5, 5.41) is 5.32. The van der Waals surface area contributed by atoms with Crippen LogP contribution in [0, 0.1) is 35.5 Å². The molecule has 0 aliphatic carbocycles. The fourth-order valence-corrected chi connectivity index (χ4v) is 6.53. The van der Waals surface area contributed by atoms with Crippen molar-refractivity contribution in [3.63, 3.8) is 0 Å². The molecule has 4 rings (SSSR count). The number of carbonyl (C=O) groups is 4. The van der Waals surface area contributed by atoms with Gasteiger partial charge in [-0.05, 0) is 68.8 Å². The Hall–Kier alpha value is -5.76. The minimum atomic E-state index is -0.937. The van der Waals surface area contributed by atoms with Crippen molar-refractivity contribution >= 4 is 29.8 Å². The predicted molar refractivity (Wildman–Crippen MR) is 200 cm³/mol. The molecule has 2 aliphatic heterocycles. The first kappa shape index (κ1) is 40.0. The second kappa shape index (κ2) is 19.2. The summed E-state index contributed by atoms with van der Waals surface area (Å²) in [5.74, 6) is 12.0. The standard InChI is InChI=1S/C39H50N8O6/c1-7-15-27(26(4)42-34(40)30-20-13-22-46(30)37(49)33(45-39(51)53-6)28-17-9-8-10-18-28)16-11-12-19-29-24-41-35(43-29)31-21-14-23-47(31)36(48)32(25(2)3)44-38(50)52-5/h7-10,15,17-18,24-27,30-33H,13-14,20-23H2,1-6H3,(H2,40,42)(H,41,43)(H,44,50)(H,45,51)/b15-7-/t26?,27?,30-,31-,32-,33+/m0/s1. The molecule has 4 amide bonds. The van der Waals surface area contributed by atoms with Crippen molar-refractivity contribution in [3.05, 3.63) is 65.8 Å². The van der Waals surface area contributed by atoms with E-state index in [0.29, 0.717) is 42.4 Å². The number of aromatic nitrogens is 2. The minimum Gasteiger partial charge on any atom is -0.453 e. The van der Waals surface area contributed by atoms with Crippen LogP contribution in [0.1, 0.15) is 82.5 Å². The van der Waals surface area contributed by atoms with E-state index in [4.69, 9.17) is 20.2 Å². The van der Waals surface area contributed by atoms with Crippen LogP contribution in [-0.2, 0) is 19.1 Å². The molecule has 2 fully saturated rings. The van der Waals surface area contributed by atoms with E-state index in [0.717, 1.165) is 19.3 Å². The summed E-state index contributed by atoms with van der Waals surface area (Å²) in [6, 6.07) is 6.29. The van der Waals surface area contributed by atoms with Gasteiger partial charge in [0.25, 0.3) is 5.91 Å². The smallest absolute Gasteiger partial charge is 0.407 e. The van der Waals surface area contributed by atoms with Gasteiger partial charge in [-0.3, -0.25) is 14.6 Å². The third-order valence-corrected chi connectivity index (χ3v) is 9.31. The first-order valence-electron chi connectivity index (χ1n) is 17.9. The fourth-order valence-electron chi connectivity index (χ4n) is 6.53. The van der Waals surface area contributed by atoms with Crippen LogP contribution < -0.4 is 16.4 Å². The molecule has 53 heavy (non-hydrogen) atoms. The number of nitrogens with two attached hydrogens (primary N) is 1. The molecule has 14 nitrogen and oxygen atoms in total. The molecule has 2 unspecified atom stereocenters. The molecule has 2 aliphatic rings. The number of ether oxygens (including phenoxy) is 2. The van der Waals surface area contributed by atoms with Crippen LogP contribution in [0.15, 0.2) is 53.7 Å². The highest BCUT2D eigenvalue weighted by Gasteiger charge is 2.38. The number of alkyl carbamates (subject to hydrolysis) is 2. The van der Waals surface area contributed by atoms with Crippen LogP contribution in [0.2, 0.25) is 0 Å². The van der Waals surface area contributed by atoms with Gasteiger partial charge in [-0.1, -0.05) is 62.3 Å². The Balaban J connectivity index is 1.44. The summed E-state index contributed by atoms with van der Waals surface area (Å²) in [6.07, 6.45) is 6.99. The lowest BCUT2D eigenvalue weighted by atomic mass is 10.0. The normalized spacial score (nSPS) is 19.3. The van der Waals surface area contributed by atoms with E-state index in [1.807, 2.05) is 45.9 Å². The fraction of sp³-hybridized carbons (Fsp3) is 0.487. The van der Waals surface area contributed by atoms with Gasteiger partial charge in [0.1, 0.15) is 29.4 Å². The second-order valence-corrected chi connectivity index (χ2v) is 13.3. The van der Waals surface area contributed by atoms with E-state index in [9.17, 15) is 19.2 Å². The minimum absolute atomic E-state index is 0.133. The molecule has 2 aromatic rings. The largest absolute Gasteiger partial charge is 0.453 e. The highest BCUT2D eigenvalue weighted by molar-refractivity contribution is 5.94. The number of imidazole rings is 1. The van der Waals surface area contributed by atoms with Crippen molar-refractivity contribution in [1.82, 2.24) is 30.4 Å². The Morgan fingerprint density at radius 2 is 1.66 bits per heavy atom. The van der Waals surface area contributed by atoms with Gasteiger partial charge in [0.2, 0.25) is 5.91 Å². The number of amidine groups is 1. The van der Waals surface area contributed by atoms with Crippen LogP contribution >= 0.6 is 0 Å². The van der Waals surface area contributed by atoms with Crippen molar-refractivity contribution in [2.24, 2.45) is 22.6 Å². The van der Waals surface area contributed by atoms with E-state index in [-0.39, 0.29) is 35.7 Å². The van der Waals surface area contributed by atoms with Gasteiger partial charge in [-0.25, -0.2) is 14.6 Å². The third kappa shape index (κ3) is 10.4. The number of benzene rings is 1. The van der Waals surface area contributed by atoms with Crippen LogP contribution in [0.25, 0.3) is 0 Å². The van der Waals surface area contributed by atoms with E-state index >= 15 is 0 Å². The van der Waals surface area contributed by atoms with Crippen molar-refractivity contribution in [2.75, 3.05) is 27.3 Å². The van der Waals surface area contributed by atoms with Gasteiger partial charge in [-0.2, -0.15) is 0 Å². The number of hydrogen-bond donors (Lipinski definition) is 4. The highest BCUT2D eigenvalue weighted by Crippen LogP contribution is 2.31. The van der Waals surface area contributed by atoms with E-state index in [1.165, 1.54) is 14.2 Å². The molecule has 3 heterocycles. The van der Waals surface area contributed by atoms with Gasteiger partial charge >= 0.3 is 12.2 Å². The van der Waals surface area contributed by atoms with E-state index in [2.05, 4.69) is 44.3 Å². The zero-order valence-corrected chi connectivity index (χ0v) is 31.2. The summed E-state index contributed by atoms with van der Waals surface area (Å²) < 4.78 is 9.51. The number of nitrogens with one attached hydrogen (secondary N) is 3. The Morgan fingerprint density at radius 3 is 2.34 bits per heavy atom. The summed E-state index contributed by atoms with van der Waals surface area (Å²) in [6.45, 7) is 8.58. The molecule has 0 bridgehead atoms. The quantitative estimate of drug-likeness (QED) is 0.117. The second-order valence-electron chi connectivity index (χ2n) is 13.3. The van der Waals surface area contributed by atoms with E-state index < -0.39 is 30.3 Å². The average molecular weight is 727 g/mol. The number of rotatable bonds is 11. The van der Waals surface area contributed by atoms with Crippen molar-refractivity contribution in [2.45, 2.75) is 83.6 Å². The van der Waals surface area contributed by atoms with Crippen molar-refractivity contribution < 1.29 is 28.7 Å². The Kier molecular flexibility index (Phi) is 14.5. The summed E-state index contributed by atoms with van der Waals surface area (Å²) in [7, 11) is 2.52. The molecule has 0 radical (unpaired) electrons. The third-order valence-electron chi connectivity index (χ3n) is 9.31. The first-order valence-corrected chi connectivity index (χ1v) is 17.9. The van der Waals surface area contributed by atoms with Gasteiger partial charge in [0, 0.05) is 13.1 Å². The van der Waals surface area contributed by atoms with Crippen LogP contribution in [-0.4, -0.2) is 95.0 Å². The number of aliphatic imine (C=N–C) groups is 1. The molecule has 0 spiro atoms. The molecule has 0 saturated carbocycles. The number of nitrogens with zero attached hydrogens (tertiary/aromatic N) is 4. The SMILES string of the molecule is C/C=C\C(C#CC#Cc1cnc([C@@H]2CCCN2C(=O)[C@@H](NC(=O)OC)C(C)C)[nH]1)C(C)N=C(N)[C@@H]1CCCN1C(=O)[C@H](NC(=O)OC)c1ccccc1. The Morgan fingerprint density at radius 1 is 0.981 bits per heavy atom. The van der Waals surface area contributed by atoms with Gasteiger partial charge in [0.05, 0.1) is 44.5 Å². The maximum absolute atomic E-state index is 13.8. The van der Waals surface area contributed by atoms with Gasteiger partial charge in [-0.15, -0.1) is 0 Å². The predicted octanol–water partition coefficient (Wildman–Crippen LogP) is 3.84. The molecule has 1 aromatic heterocycles. The zero-order chi connectivity index (χ0) is 38.5. The number of carbonyl (C=O) groups excluding carboxylic acids is 4.